The second kappa shape index (κ2) is 6.96. The molecule has 1 N–H and O–H groups in total. The molecule has 0 aliphatic heterocycles. The van der Waals surface area contributed by atoms with Crippen molar-refractivity contribution in [2.75, 3.05) is 10.2 Å². The lowest BCUT2D eigenvalue weighted by molar-refractivity contribution is 0.255. The Kier molecular flexibility index (Phi) is 5.26. The first-order chi connectivity index (χ1) is 9.97. The lowest BCUT2D eigenvalue weighted by atomic mass is 10.2. The van der Waals surface area contributed by atoms with Gasteiger partial charge in [0.1, 0.15) is 0 Å². The number of carbonyl (C=O) groups is 1. The fourth-order valence-electron chi connectivity index (χ4n) is 1.97. The minimum atomic E-state index is -0.172. The molecule has 21 heavy (non-hydrogen) atoms. The number of hydrogen-bond acceptors (Lipinski definition) is 1. The van der Waals surface area contributed by atoms with Crippen LogP contribution in [0, 0.1) is 0 Å². The molecule has 0 spiro atoms. The van der Waals surface area contributed by atoms with Gasteiger partial charge in [0.15, 0.2) is 0 Å². The summed E-state index contributed by atoms with van der Waals surface area (Å²) < 4.78 is 0.971. The molecule has 0 aliphatic rings. The van der Waals surface area contributed by atoms with E-state index in [1.807, 2.05) is 50.2 Å². The highest BCUT2D eigenvalue weighted by atomic mass is 79.9. The van der Waals surface area contributed by atoms with Crippen LogP contribution < -0.4 is 10.2 Å². The molecule has 5 heteroatoms. The van der Waals surface area contributed by atoms with Crippen LogP contribution in [0.3, 0.4) is 0 Å². The smallest absolute Gasteiger partial charge is 0.308 e. The lowest BCUT2D eigenvalue weighted by Gasteiger charge is -2.27. The average molecular weight is 368 g/mol. The topological polar surface area (TPSA) is 32.3 Å². The van der Waals surface area contributed by atoms with Crippen LogP contribution in [0.15, 0.2) is 53.0 Å². The molecule has 0 radical (unpaired) electrons. The van der Waals surface area contributed by atoms with Gasteiger partial charge in [0.05, 0.1) is 0 Å². The molecular formula is C16H16BrClN2O. The van der Waals surface area contributed by atoms with E-state index in [9.17, 15) is 4.79 Å². The molecule has 3 nitrogen and oxygen atoms in total. The molecule has 110 valence electrons. The van der Waals surface area contributed by atoms with Gasteiger partial charge in [0.2, 0.25) is 0 Å². The number of benzene rings is 2. The number of carbonyl (C=O) groups excluding carboxylic acids is 1. The van der Waals surface area contributed by atoms with Crippen LogP contribution in [-0.2, 0) is 0 Å². The van der Waals surface area contributed by atoms with Crippen LogP contribution in [0.4, 0.5) is 16.2 Å². The Hall–Kier alpha value is -1.52. The second-order valence-electron chi connectivity index (χ2n) is 4.88. The predicted octanol–water partition coefficient (Wildman–Crippen LogP) is 5.55. The van der Waals surface area contributed by atoms with Gasteiger partial charge in [-0.05, 0) is 62.4 Å². The van der Waals surface area contributed by atoms with E-state index in [0.29, 0.717) is 5.02 Å². The van der Waals surface area contributed by atoms with Crippen molar-refractivity contribution in [2.45, 2.75) is 19.9 Å². The molecule has 0 saturated heterocycles. The van der Waals surface area contributed by atoms with Crippen LogP contribution in [0.25, 0.3) is 0 Å². The van der Waals surface area contributed by atoms with Crippen LogP contribution in [0.1, 0.15) is 13.8 Å². The zero-order valence-corrected chi connectivity index (χ0v) is 14.1. The number of halogens is 2. The minimum absolute atomic E-state index is 0.0293. The van der Waals surface area contributed by atoms with E-state index in [2.05, 4.69) is 21.2 Å². The monoisotopic (exact) mass is 366 g/mol. The fourth-order valence-corrected chi connectivity index (χ4v) is 2.36. The van der Waals surface area contributed by atoms with E-state index in [1.165, 1.54) is 0 Å². The number of urea groups is 1. The van der Waals surface area contributed by atoms with Gasteiger partial charge < -0.3 is 5.32 Å². The summed E-state index contributed by atoms with van der Waals surface area (Å²) in [5.41, 5.74) is 1.56. The highest BCUT2D eigenvalue weighted by Crippen LogP contribution is 2.22. The van der Waals surface area contributed by atoms with E-state index in [-0.39, 0.29) is 12.1 Å². The molecule has 2 aromatic rings. The maximum absolute atomic E-state index is 12.5. The first kappa shape index (κ1) is 15.9. The summed E-state index contributed by atoms with van der Waals surface area (Å²) in [5.74, 6) is 0. The van der Waals surface area contributed by atoms with E-state index in [4.69, 9.17) is 11.6 Å². The molecule has 0 bridgehead atoms. The van der Waals surface area contributed by atoms with Crippen LogP contribution in [0.5, 0.6) is 0 Å². The molecule has 2 amide bonds. The molecule has 0 aromatic heterocycles. The van der Waals surface area contributed by atoms with Crippen molar-refractivity contribution in [1.82, 2.24) is 0 Å². The molecule has 0 fully saturated rings. The molecule has 2 aromatic carbocycles. The molecule has 2 rings (SSSR count). The Balaban J connectivity index is 2.19. The summed E-state index contributed by atoms with van der Waals surface area (Å²) in [7, 11) is 0. The Morgan fingerprint density at radius 3 is 2.19 bits per heavy atom. The lowest BCUT2D eigenvalue weighted by Crippen LogP contribution is -2.40. The third-order valence-electron chi connectivity index (χ3n) is 2.94. The zero-order chi connectivity index (χ0) is 15.4. The summed E-state index contributed by atoms with van der Waals surface area (Å²) in [6.45, 7) is 3.94. The number of nitrogens with one attached hydrogen (secondary N) is 1. The van der Waals surface area contributed by atoms with E-state index >= 15 is 0 Å². The Bertz CT molecular complexity index is 611. The van der Waals surface area contributed by atoms with Gasteiger partial charge in [0.25, 0.3) is 0 Å². The van der Waals surface area contributed by atoms with Crippen molar-refractivity contribution in [3.05, 3.63) is 58.0 Å². The van der Waals surface area contributed by atoms with Crippen molar-refractivity contribution >= 4 is 44.9 Å². The van der Waals surface area contributed by atoms with Crippen molar-refractivity contribution < 1.29 is 4.79 Å². The maximum Gasteiger partial charge on any atom is 0.326 e. The molecule has 0 saturated carbocycles. The van der Waals surface area contributed by atoms with Gasteiger partial charge >= 0.3 is 6.03 Å². The Morgan fingerprint density at radius 2 is 1.67 bits per heavy atom. The molecular weight excluding hydrogens is 352 g/mol. The van der Waals surface area contributed by atoms with Crippen LogP contribution >= 0.6 is 27.5 Å². The van der Waals surface area contributed by atoms with Crippen molar-refractivity contribution in [2.24, 2.45) is 0 Å². The van der Waals surface area contributed by atoms with Gasteiger partial charge in [0, 0.05) is 26.9 Å². The molecule has 0 unspecified atom stereocenters. The standard InChI is InChI=1S/C16H16BrClN2O/c1-11(2)20(15-9-5-13(18)6-10-15)16(21)19-14-7-3-12(17)4-8-14/h3-11H,1-2H3,(H,19,21). The van der Waals surface area contributed by atoms with E-state index in [0.717, 1.165) is 15.8 Å². The van der Waals surface area contributed by atoms with Crippen LogP contribution in [-0.4, -0.2) is 12.1 Å². The Labute approximate surface area is 138 Å². The van der Waals surface area contributed by atoms with Gasteiger partial charge in [-0.1, -0.05) is 27.5 Å². The van der Waals surface area contributed by atoms with Crippen molar-refractivity contribution in [3.63, 3.8) is 0 Å². The van der Waals surface area contributed by atoms with E-state index < -0.39 is 0 Å². The SMILES string of the molecule is CC(C)N(C(=O)Nc1ccc(Br)cc1)c1ccc(Cl)cc1. The number of amides is 2. The number of nitrogens with zero attached hydrogens (tertiary/aromatic N) is 1. The van der Waals surface area contributed by atoms with Crippen molar-refractivity contribution in [3.8, 4) is 0 Å². The zero-order valence-electron chi connectivity index (χ0n) is 11.8. The van der Waals surface area contributed by atoms with Gasteiger partial charge in [-0.3, -0.25) is 4.90 Å². The highest BCUT2D eigenvalue weighted by Gasteiger charge is 2.19. The fraction of sp³-hybridized carbons (Fsp3) is 0.188. The predicted molar refractivity (Wildman–Crippen MR) is 92.2 cm³/mol. The average Bonchev–Trinajstić information content (AvgIpc) is 2.43. The molecule has 0 aliphatic carbocycles. The van der Waals surface area contributed by atoms with Gasteiger partial charge in [-0.2, -0.15) is 0 Å². The van der Waals surface area contributed by atoms with E-state index in [1.54, 1.807) is 17.0 Å². The maximum atomic E-state index is 12.5. The van der Waals surface area contributed by atoms with Gasteiger partial charge in [-0.25, -0.2) is 4.79 Å². The molecule has 0 atom stereocenters. The third-order valence-corrected chi connectivity index (χ3v) is 3.72. The summed E-state index contributed by atoms with van der Waals surface area (Å²) >= 11 is 9.27. The number of anilines is 2. The van der Waals surface area contributed by atoms with Crippen molar-refractivity contribution in [1.29, 1.82) is 0 Å². The third kappa shape index (κ3) is 4.22. The first-order valence-corrected chi connectivity index (χ1v) is 7.76. The highest BCUT2D eigenvalue weighted by molar-refractivity contribution is 9.10. The molecule has 0 heterocycles. The second-order valence-corrected chi connectivity index (χ2v) is 6.23. The minimum Gasteiger partial charge on any atom is -0.308 e. The number of rotatable bonds is 3. The van der Waals surface area contributed by atoms with Gasteiger partial charge in [-0.15, -0.1) is 0 Å². The largest absolute Gasteiger partial charge is 0.326 e. The first-order valence-electron chi connectivity index (χ1n) is 6.58. The quantitative estimate of drug-likeness (QED) is 0.758. The summed E-state index contributed by atoms with van der Waals surface area (Å²) in [6, 6.07) is 14.6. The summed E-state index contributed by atoms with van der Waals surface area (Å²) in [5, 5.41) is 3.55. The number of hydrogen-bond donors (Lipinski definition) is 1. The summed E-state index contributed by atoms with van der Waals surface area (Å²) in [4.78, 5) is 14.2. The van der Waals surface area contributed by atoms with Crippen LogP contribution in [0.2, 0.25) is 5.02 Å². The normalized spacial score (nSPS) is 10.5. The Morgan fingerprint density at radius 1 is 1.10 bits per heavy atom. The summed E-state index contributed by atoms with van der Waals surface area (Å²) in [6.07, 6.45) is 0.